The van der Waals surface area contributed by atoms with E-state index in [1.54, 1.807) is 0 Å². The van der Waals surface area contributed by atoms with Gasteiger partial charge in [-0.25, -0.2) is 0 Å². The minimum atomic E-state index is 0.789. The van der Waals surface area contributed by atoms with Crippen LogP contribution in [0.4, 0.5) is 0 Å². The molecule has 0 aromatic carbocycles. The van der Waals surface area contributed by atoms with Gasteiger partial charge in [0.2, 0.25) is 0 Å². The van der Waals surface area contributed by atoms with Crippen molar-refractivity contribution in [2.24, 2.45) is 11.8 Å². The lowest BCUT2D eigenvalue weighted by atomic mass is 9.82. The first kappa shape index (κ1) is 15.8. The van der Waals surface area contributed by atoms with Crippen molar-refractivity contribution in [1.82, 2.24) is 10.2 Å². The number of nitrogens with zero attached hydrogens (tertiary/aromatic N) is 1. The third-order valence-corrected chi connectivity index (χ3v) is 6.55. The van der Waals surface area contributed by atoms with Gasteiger partial charge in [0.25, 0.3) is 0 Å². The predicted octanol–water partition coefficient (Wildman–Crippen LogP) is 4.20. The Morgan fingerprint density at radius 3 is 2.38 bits per heavy atom. The van der Waals surface area contributed by atoms with Gasteiger partial charge in [-0.15, -0.1) is 0 Å². The zero-order chi connectivity index (χ0) is 14.5. The van der Waals surface area contributed by atoms with Crippen LogP contribution in [0.5, 0.6) is 0 Å². The minimum absolute atomic E-state index is 0.789. The van der Waals surface area contributed by atoms with Crippen LogP contribution in [0.25, 0.3) is 0 Å². The first-order valence-corrected chi connectivity index (χ1v) is 9.84. The van der Waals surface area contributed by atoms with E-state index in [0.717, 1.165) is 23.9 Å². The van der Waals surface area contributed by atoms with Crippen LogP contribution in [0.2, 0.25) is 0 Å². The summed E-state index contributed by atoms with van der Waals surface area (Å²) in [5.41, 5.74) is 0. The van der Waals surface area contributed by atoms with Gasteiger partial charge in [-0.05, 0) is 44.1 Å². The maximum absolute atomic E-state index is 3.91. The molecule has 122 valence electrons. The van der Waals surface area contributed by atoms with E-state index >= 15 is 0 Å². The van der Waals surface area contributed by atoms with Crippen LogP contribution >= 0.6 is 0 Å². The molecule has 0 bridgehead atoms. The summed E-state index contributed by atoms with van der Waals surface area (Å²) in [6.45, 7) is 6.31. The maximum atomic E-state index is 3.91. The smallest absolute Gasteiger partial charge is 0.0224 e. The molecular formula is C19H36N2. The fourth-order valence-corrected chi connectivity index (χ4v) is 5.06. The molecular weight excluding hydrogens is 256 g/mol. The van der Waals surface area contributed by atoms with Crippen molar-refractivity contribution in [1.29, 1.82) is 0 Å². The highest BCUT2D eigenvalue weighted by molar-refractivity contribution is 4.90. The number of piperazine rings is 1. The summed E-state index contributed by atoms with van der Waals surface area (Å²) < 4.78 is 0. The Morgan fingerprint density at radius 2 is 1.67 bits per heavy atom. The normalized spacial score (nSPS) is 33.6. The summed E-state index contributed by atoms with van der Waals surface area (Å²) in [4.78, 5) is 2.86. The average Bonchev–Trinajstić information content (AvgIpc) is 3.07. The summed E-state index contributed by atoms with van der Waals surface area (Å²) >= 11 is 0. The van der Waals surface area contributed by atoms with E-state index in [1.165, 1.54) is 90.3 Å². The molecule has 1 saturated heterocycles. The van der Waals surface area contributed by atoms with Crippen LogP contribution in [-0.4, -0.2) is 36.6 Å². The molecule has 0 radical (unpaired) electrons. The van der Waals surface area contributed by atoms with Gasteiger partial charge in [-0.3, -0.25) is 4.90 Å². The average molecular weight is 293 g/mol. The van der Waals surface area contributed by atoms with Crippen molar-refractivity contribution in [2.75, 3.05) is 19.6 Å². The predicted molar refractivity (Wildman–Crippen MR) is 90.6 cm³/mol. The molecule has 3 fully saturated rings. The molecule has 21 heavy (non-hydrogen) atoms. The van der Waals surface area contributed by atoms with Gasteiger partial charge in [-0.2, -0.15) is 0 Å². The van der Waals surface area contributed by atoms with Crippen molar-refractivity contribution in [3.8, 4) is 0 Å². The SMILES string of the molecule is CCC1CNC(C2CCCCC2)CN1CCC1CCCC1. The highest BCUT2D eigenvalue weighted by Gasteiger charge is 2.32. The topological polar surface area (TPSA) is 15.3 Å². The first-order chi connectivity index (χ1) is 10.4. The summed E-state index contributed by atoms with van der Waals surface area (Å²) in [7, 11) is 0. The maximum Gasteiger partial charge on any atom is 0.0224 e. The van der Waals surface area contributed by atoms with Gasteiger partial charge in [0, 0.05) is 25.2 Å². The van der Waals surface area contributed by atoms with Crippen LogP contribution in [-0.2, 0) is 0 Å². The minimum Gasteiger partial charge on any atom is -0.311 e. The zero-order valence-electron chi connectivity index (χ0n) is 14.2. The fourth-order valence-electron chi connectivity index (χ4n) is 5.06. The molecule has 0 amide bonds. The van der Waals surface area contributed by atoms with Gasteiger partial charge >= 0.3 is 0 Å². The summed E-state index contributed by atoms with van der Waals surface area (Å²) in [6.07, 6.45) is 16.2. The van der Waals surface area contributed by atoms with Crippen LogP contribution in [0.3, 0.4) is 0 Å². The molecule has 1 N–H and O–H groups in total. The molecule has 0 spiro atoms. The zero-order valence-corrected chi connectivity index (χ0v) is 14.2. The van der Waals surface area contributed by atoms with Crippen LogP contribution in [0, 0.1) is 11.8 Å². The van der Waals surface area contributed by atoms with Crippen LogP contribution < -0.4 is 5.32 Å². The molecule has 2 unspecified atom stereocenters. The fraction of sp³-hybridized carbons (Fsp3) is 1.00. The Hall–Kier alpha value is -0.0800. The Morgan fingerprint density at radius 1 is 0.952 bits per heavy atom. The Balaban J connectivity index is 1.50. The number of hydrogen-bond donors (Lipinski definition) is 1. The van der Waals surface area contributed by atoms with Gasteiger partial charge in [0.05, 0.1) is 0 Å². The Labute approximate surface area is 132 Å². The largest absolute Gasteiger partial charge is 0.311 e. The molecule has 0 aromatic heterocycles. The summed E-state index contributed by atoms with van der Waals surface area (Å²) in [5.74, 6) is 2.01. The third-order valence-electron chi connectivity index (χ3n) is 6.55. The molecule has 2 atom stereocenters. The van der Waals surface area contributed by atoms with Crippen molar-refractivity contribution in [2.45, 2.75) is 89.6 Å². The van der Waals surface area contributed by atoms with Crippen molar-refractivity contribution >= 4 is 0 Å². The molecule has 2 aliphatic carbocycles. The van der Waals surface area contributed by atoms with E-state index in [-0.39, 0.29) is 0 Å². The lowest BCUT2D eigenvalue weighted by molar-refractivity contribution is 0.0882. The van der Waals surface area contributed by atoms with Gasteiger partial charge in [0.1, 0.15) is 0 Å². The van der Waals surface area contributed by atoms with Crippen molar-refractivity contribution in [3.05, 3.63) is 0 Å². The van der Waals surface area contributed by atoms with E-state index in [9.17, 15) is 0 Å². The molecule has 2 nitrogen and oxygen atoms in total. The molecule has 1 aliphatic heterocycles. The van der Waals surface area contributed by atoms with E-state index in [4.69, 9.17) is 0 Å². The van der Waals surface area contributed by atoms with Crippen LogP contribution in [0.1, 0.15) is 77.6 Å². The van der Waals surface area contributed by atoms with E-state index in [1.807, 2.05) is 0 Å². The second-order valence-corrected chi connectivity index (χ2v) is 7.91. The number of hydrogen-bond acceptors (Lipinski definition) is 2. The van der Waals surface area contributed by atoms with Crippen molar-refractivity contribution in [3.63, 3.8) is 0 Å². The highest BCUT2D eigenvalue weighted by atomic mass is 15.2. The lowest BCUT2D eigenvalue weighted by Crippen LogP contribution is -2.58. The Kier molecular flexibility index (Phi) is 5.99. The summed E-state index contributed by atoms with van der Waals surface area (Å²) in [6, 6.07) is 1.59. The van der Waals surface area contributed by atoms with E-state index < -0.39 is 0 Å². The molecule has 2 saturated carbocycles. The molecule has 0 aromatic rings. The monoisotopic (exact) mass is 292 g/mol. The second kappa shape index (κ2) is 7.97. The second-order valence-electron chi connectivity index (χ2n) is 7.91. The van der Waals surface area contributed by atoms with Gasteiger partial charge < -0.3 is 5.32 Å². The van der Waals surface area contributed by atoms with Gasteiger partial charge in [-0.1, -0.05) is 51.9 Å². The molecule has 3 rings (SSSR count). The molecule has 1 heterocycles. The third kappa shape index (κ3) is 4.22. The standard InChI is InChI=1S/C19H36N2/c1-2-18-14-20-19(17-10-4-3-5-11-17)15-21(18)13-12-16-8-6-7-9-16/h16-20H,2-15H2,1H3. The molecule has 2 heteroatoms. The molecule has 3 aliphatic rings. The Bertz CT molecular complexity index is 292. The summed E-state index contributed by atoms with van der Waals surface area (Å²) in [5, 5.41) is 3.91. The van der Waals surface area contributed by atoms with E-state index in [0.29, 0.717) is 0 Å². The quantitative estimate of drug-likeness (QED) is 0.817. The lowest BCUT2D eigenvalue weighted by Gasteiger charge is -2.44. The van der Waals surface area contributed by atoms with Crippen molar-refractivity contribution < 1.29 is 0 Å². The van der Waals surface area contributed by atoms with Crippen LogP contribution in [0.15, 0.2) is 0 Å². The van der Waals surface area contributed by atoms with Gasteiger partial charge in [0.15, 0.2) is 0 Å². The van der Waals surface area contributed by atoms with E-state index in [2.05, 4.69) is 17.1 Å². The number of nitrogens with one attached hydrogen (secondary N) is 1. The number of rotatable bonds is 5. The highest BCUT2D eigenvalue weighted by Crippen LogP contribution is 2.30. The first-order valence-electron chi connectivity index (χ1n) is 9.84.